The third-order valence-corrected chi connectivity index (χ3v) is 8.37. The number of fused-ring (bicyclic) bond motifs is 1. The van der Waals surface area contributed by atoms with Crippen LogP contribution in [0.15, 0.2) is 101 Å². The Morgan fingerprint density at radius 3 is 1.83 bits per heavy atom. The van der Waals surface area contributed by atoms with Crippen molar-refractivity contribution in [1.82, 2.24) is 4.57 Å². The first-order valence-electron chi connectivity index (χ1n) is 10.7. The number of pyridine rings is 1. The number of nitrogens with zero attached hydrogens (tertiary/aromatic N) is 2. The molecule has 0 spiro atoms. The molecule has 0 bridgehead atoms. The highest BCUT2D eigenvalue weighted by molar-refractivity contribution is 7.92. The van der Waals surface area contributed by atoms with E-state index in [4.69, 9.17) is 27.9 Å². The van der Waals surface area contributed by atoms with Crippen LogP contribution in [0.4, 0.5) is 5.82 Å². The van der Waals surface area contributed by atoms with E-state index in [2.05, 4.69) is 0 Å². The van der Waals surface area contributed by atoms with Gasteiger partial charge in [-0.15, -0.1) is 0 Å². The van der Waals surface area contributed by atoms with Crippen LogP contribution in [0.25, 0.3) is 0 Å². The average molecular weight is 527 g/mol. The van der Waals surface area contributed by atoms with Crippen LogP contribution in [0, 0.1) is 0 Å². The van der Waals surface area contributed by atoms with E-state index >= 15 is 0 Å². The molecule has 35 heavy (non-hydrogen) atoms. The highest BCUT2D eigenvalue weighted by Gasteiger charge is 2.47. The van der Waals surface area contributed by atoms with Gasteiger partial charge in [0.1, 0.15) is 11.6 Å². The van der Waals surface area contributed by atoms with Gasteiger partial charge in [-0.3, -0.25) is 9.36 Å². The number of sulfonamides is 1. The zero-order chi connectivity index (χ0) is 24.7. The Bertz CT molecular complexity index is 1530. The molecule has 178 valence electrons. The Labute approximate surface area is 213 Å². The molecule has 9 heteroatoms. The Kier molecular flexibility index (Phi) is 6.09. The van der Waals surface area contributed by atoms with Crippen LogP contribution < -0.4 is 14.6 Å². The minimum atomic E-state index is -4.09. The van der Waals surface area contributed by atoms with Gasteiger partial charge in [-0.2, -0.15) is 0 Å². The topological polar surface area (TPSA) is 68.6 Å². The van der Waals surface area contributed by atoms with Crippen LogP contribution in [0.3, 0.4) is 0 Å². The van der Waals surface area contributed by atoms with Crippen molar-refractivity contribution in [3.05, 3.63) is 123 Å². The molecule has 6 nitrogen and oxygen atoms in total. The summed E-state index contributed by atoms with van der Waals surface area (Å²) in [6.07, 6.45) is 0. The van der Waals surface area contributed by atoms with Crippen LogP contribution in [-0.2, 0) is 10.0 Å². The average Bonchev–Trinajstić information content (AvgIpc) is 3.22. The van der Waals surface area contributed by atoms with Crippen molar-refractivity contribution in [2.45, 2.75) is 17.0 Å². The summed E-state index contributed by atoms with van der Waals surface area (Å²) in [6.45, 7) is 0. The van der Waals surface area contributed by atoms with Crippen molar-refractivity contribution >= 4 is 39.0 Å². The Hall–Kier alpha value is -3.26. The molecule has 0 radical (unpaired) electrons. The summed E-state index contributed by atoms with van der Waals surface area (Å²) in [5.41, 5.74) is 1.12. The predicted octanol–water partition coefficient (Wildman–Crippen LogP) is 5.70. The van der Waals surface area contributed by atoms with Crippen LogP contribution >= 0.6 is 23.2 Å². The van der Waals surface area contributed by atoms with Crippen molar-refractivity contribution in [2.24, 2.45) is 0 Å². The van der Waals surface area contributed by atoms with Gasteiger partial charge in [-0.25, -0.2) is 12.7 Å². The molecule has 3 aromatic carbocycles. The van der Waals surface area contributed by atoms with E-state index in [1.54, 1.807) is 60.7 Å². The number of benzene rings is 3. The van der Waals surface area contributed by atoms with Gasteiger partial charge in [0.2, 0.25) is 0 Å². The van der Waals surface area contributed by atoms with Crippen molar-refractivity contribution in [3.8, 4) is 5.75 Å². The fraction of sp³-hybridized carbons (Fsp3) is 0.115. The third kappa shape index (κ3) is 4.10. The number of methoxy groups -OCH3 is 1. The lowest BCUT2D eigenvalue weighted by molar-refractivity contribution is 0.414. The lowest BCUT2D eigenvalue weighted by atomic mass is 9.94. The summed E-state index contributed by atoms with van der Waals surface area (Å²) in [6, 6.07) is 23.5. The van der Waals surface area contributed by atoms with Gasteiger partial charge in [0.25, 0.3) is 15.6 Å². The lowest BCUT2D eigenvalue weighted by Gasteiger charge is -2.29. The zero-order valence-corrected chi connectivity index (χ0v) is 20.8. The molecule has 4 aromatic rings. The molecule has 2 atom stereocenters. The molecule has 5 rings (SSSR count). The van der Waals surface area contributed by atoms with Gasteiger partial charge in [0.15, 0.2) is 0 Å². The molecule has 0 unspecified atom stereocenters. The molecular formula is C26H20Cl2N2O4S. The first-order valence-corrected chi connectivity index (χ1v) is 12.9. The summed E-state index contributed by atoms with van der Waals surface area (Å²) in [4.78, 5) is 13.2. The summed E-state index contributed by atoms with van der Waals surface area (Å²) in [7, 11) is -2.58. The van der Waals surface area contributed by atoms with E-state index < -0.39 is 22.1 Å². The van der Waals surface area contributed by atoms with Crippen LogP contribution in [0.5, 0.6) is 5.75 Å². The van der Waals surface area contributed by atoms with Crippen LogP contribution in [0.2, 0.25) is 10.0 Å². The summed E-state index contributed by atoms with van der Waals surface area (Å²) >= 11 is 12.3. The molecule has 0 saturated heterocycles. The maximum Gasteiger partial charge on any atom is 0.266 e. The number of halogens is 2. The number of hydrogen-bond acceptors (Lipinski definition) is 4. The van der Waals surface area contributed by atoms with E-state index in [0.717, 1.165) is 5.56 Å². The molecule has 1 aromatic heterocycles. The number of anilines is 1. The summed E-state index contributed by atoms with van der Waals surface area (Å²) in [5, 5.41) is 1.06. The van der Waals surface area contributed by atoms with Crippen molar-refractivity contribution in [1.29, 1.82) is 0 Å². The maximum absolute atomic E-state index is 14.1. The normalized spacial score (nSPS) is 17.3. The number of aromatic nitrogens is 1. The monoisotopic (exact) mass is 526 g/mol. The number of ether oxygens (including phenoxy) is 1. The molecule has 0 N–H and O–H groups in total. The molecule has 1 aliphatic rings. The first kappa shape index (κ1) is 23.5. The smallest absolute Gasteiger partial charge is 0.266 e. The fourth-order valence-corrected chi connectivity index (χ4v) is 6.35. The predicted molar refractivity (Wildman–Crippen MR) is 137 cm³/mol. The number of rotatable bonds is 5. The Balaban J connectivity index is 1.78. The Morgan fingerprint density at radius 2 is 1.29 bits per heavy atom. The van der Waals surface area contributed by atoms with Crippen molar-refractivity contribution in [3.63, 3.8) is 0 Å². The Morgan fingerprint density at radius 1 is 0.743 bits per heavy atom. The molecule has 1 aliphatic heterocycles. The minimum absolute atomic E-state index is 0.0804. The van der Waals surface area contributed by atoms with E-state index in [1.165, 1.54) is 34.2 Å². The van der Waals surface area contributed by atoms with Gasteiger partial charge in [-0.1, -0.05) is 53.5 Å². The highest BCUT2D eigenvalue weighted by atomic mass is 35.5. The first-order chi connectivity index (χ1) is 16.8. The fourth-order valence-electron chi connectivity index (χ4n) is 4.46. The van der Waals surface area contributed by atoms with Gasteiger partial charge in [0, 0.05) is 16.1 Å². The summed E-state index contributed by atoms with van der Waals surface area (Å²) < 4.78 is 36.2. The standard InChI is InChI=1S/C26H20Cl2N2O4S/c1-34-21-13-15-22(16-14-21)35(32,33)30-23-3-2-4-24(31)29(23)25(17-5-9-19(27)10-6-17)26(30)18-7-11-20(28)12-8-18/h2-16,25-26H,1H3/t25-,26+/m1/s1. The van der Waals surface area contributed by atoms with E-state index in [-0.39, 0.29) is 16.3 Å². The molecule has 2 heterocycles. The third-order valence-electron chi connectivity index (χ3n) is 6.06. The number of hydrogen-bond donors (Lipinski definition) is 0. The molecular weight excluding hydrogens is 507 g/mol. The van der Waals surface area contributed by atoms with Crippen LogP contribution in [0.1, 0.15) is 23.2 Å². The second kappa shape index (κ2) is 9.07. The SMILES string of the molecule is COc1ccc(S(=O)(=O)N2c3cccc(=O)n3[C@H](c3ccc(Cl)cc3)[C@@H]2c2ccc(Cl)cc2)cc1. The summed E-state index contributed by atoms with van der Waals surface area (Å²) in [5.74, 6) is 0.809. The van der Waals surface area contributed by atoms with E-state index in [1.807, 2.05) is 12.1 Å². The lowest BCUT2D eigenvalue weighted by Crippen LogP contribution is -2.33. The maximum atomic E-state index is 14.1. The zero-order valence-electron chi connectivity index (χ0n) is 18.5. The molecule has 0 fully saturated rings. The van der Waals surface area contributed by atoms with Gasteiger partial charge >= 0.3 is 0 Å². The van der Waals surface area contributed by atoms with Crippen molar-refractivity contribution < 1.29 is 13.2 Å². The van der Waals surface area contributed by atoms with Gasteiger partial charge in [-0.05, 0) is 65.7 Å². The molecule has 0 aliphatic carbocycles. The van der Waals surface area contributed by atoms with E-state index in [9.17, 15) is 13.2 Å². The second-order valence-electron chi connectivity index (χ2n) is 8.06. The van der Waals surface area contributed by atoms with Crippen LogP contribution in [-0.4, -0.2) is 20.1 Å². The van der Waals surface area contributed by atoms with Gasteiger partial charge in [0.05, 0.1) is 24.1 Å². The second-order valence-corrected chi connectivity index (χ2v) is 10.7. The van der Waals surface area contributed by atoms with Gasteiger partial charge < -0.3 is 4.74 Å². The van der Waals surface area contributed by atoms with E-state index in [0.29, 0.717) is 21.4 Å². The molecule has 0 amide bonds. The minimum Gasteiger partial charge on any atom is -0.497 e. The highest BCUT2D eigenvalue weighted by Crippen LogP contribution is 2.49. The largest absolute Gasteiger partial charge is 0.497 e. The quantitative estimate of drug-likeness (QED) is 0.334. The molecule has 0 saturated carbocycles. The van der Waals surface area contributed by atoms with Crippen molar-refractivity contribution in [2.75, 3.05) is 11.4 Å².